The second-order valence-corrected chi connectivity index (χ2v) is 10.7. The van der Waals surface area contributed by atoms with Gasteiger partial charge in [0.2, 0.25) is 0 Å². The summed E-state index contributed by atoms with van der Waals surface area (Å²) in [4.78, 5) is 15.2. The molecule has 1 atom stereocenters. The highest BCUT2D eigenvalue weighted by atomic mass is 32.2. The van der Waals surface area contributed by atoms with Gasteiger partial charge < -0.3 is 19.6 Å². The average molecular weight is 536 g/mol. The summed E-state index contributed by atoms with van der Waals surface area (Å²) in [5, 5.41) is 9.56. The topological polar surface area (TPSA) is 96.4 Å². The summed E-state index contributed by atoms with van der Waals surface area (Å²) >= 11 is 0. The summed E-state index contributed by atoms with van der Waals surface area (Å²) in [6.45, 7) is 4.51. The molecule has 1 fully saturated rings. The normalized spacial score (nSPS) is 18.5. The van der Waals surface area contributed by atoms with E-state index in [4.69, 9.17) is 8.92 Å². The van der Waals surface area contributed by atoms with E-state index in [1.54, 1.807) is 20.8 Å². The molecule has 1 aromatic carbocycles. The van der Waals surface area contributed by atoms with Crippen molar-refractivity contribution < 1.29 is 53.6 Å². The standard InChI is InChI=1S/C20H26F6N2O6S/c1-17(2,3)34-16(29)27-9-10-28(15(11-27)12-33-35(4,31)32)14-7-5-13(6-8-14)18(30,19(21,22)23)20(24,25)26/h5-8,15,30H,9-12H2,1-4H3/t15-/m1/s1. The van der Waals surface area contributed by atoms with Gasteiger partial charge in [-0.15, -0.1) is 0 Å². The number of benzene rings is 1. The molecule has 1 amide bonds. The van der Waals surface area contributed by atoms with Crippen LogP contribution in [0.15, 0.2) is 24.3 Å². The minimum absolute atomic E-state index is 0.0409. The van der Waals surface area contributed by atoms with E-state index in [2.05, 4.69) is 0 Å². The van der Waals surface area contributed by atoms with Gasteiger partial charge in [-0.3, -0.25) is 4.18 Å². The lowest BCUT2D eigenvalue weighted by molar-refractivity contribution is -0.376. The number of halogens is 6. The van der Waals surface area contributed by atoms with E-state index >= 15 is 0 Å². The van der Waals surface area contributed by atoms with Crippen molar-refractivity contribution >= 4 is 21.9 Å². The number of ether oxygens (including phenoxy) is 1. The SMILES string of the molecule is CC(C)(C)OC(=O)N1CCN(c2ccc(C(O)(C(F)(F)F)C(F)(F)F)cc2)[C@@H](COS(C)(=O)=O)C1. The summed E-state index contributed by atoms with van der Waals surface area (Å²) in [7, 11) is -3.90. The molecule has 200 valence electrons. The van der Waals surface area contributed by atoms with E-state index < -0.39 is 58.0 Å². The third kappa shape index (κ3) is 6.91. The minimum atomic E-state index is -6.03. The molecular weight excluding hydrogens is 510 g/mol. The number of carbonyl (C=O) groups excluding carboxylic acids is 1. The predicted octanol–water partition coefficient (Wildman–Crippen LogP) is 3.40. The third-order valence-corrected chi connectivity index (χ3v) is 5.61. The number of hydrogen-bond donors (Lipinski definition) is 1. The molecule has 1 heterocycles. The molecule has 1 N–H and O–H groups in total. The Bertz CT molecular complexity index is 991. The summed E-state index contributed by atoms with van der Waals surface area (Å²) < 4.78 is 112. The first-order valence-electron chi connectivity index (χ1n) is 10.2. The van der Waals surface area contributed by atoms with Crippen LogP contribution in [-0.2, 0) is 24.6 Å². The van der Waals surface area contributed by atoms with Crippen LogP contribution in [0.4, 0.5) is 36.8 Å². The van der Waals surface area contributed by atoms with Crippen LogP contribution in [0.5, 0.6) is 0 Å². The first kappa shape index (κ1) is 29.0. The molecule has 0 saturated carbocycles. The smallest absolute Gasteiger partial charge is 0.430 e. The van der Waals surface area contributed by atoms with E-state index in [0.29, 0.717) is 12.1 Å². The number of alkyl halides is 6. The van der Waals surface area contributed by atoms with Gasteiger partial charge in [-0.1, -0.05) is 12.1 Å². The van der Waals surface area contributed by atoms with Gasteiger partial charge >= 0.3 is 18.4 Å². The molecule has 1 aliphatic heterocycles. The maximum Gasteiger partial charge on any atom is 0.430 e. The Morgan fingerprint density at radius 2 is 1.54 bits per heavy atom. The van der Waals surface area contributed by atoms with Gasteiger partial charge in [0.1, 0.15) is 5.60 Å². The van der Waals surface area contributed by atoms with Crippen LogP contribution in [0.2, 0.25) is 0 Å². The summed E-state index contributed by atoms with van der Waals surface area (Å²) in [5.74, 6) is 0. The average Bonchev–Trinajstić information content (AvgIpc) is 2.68. The van der Waals surface area contributed by atoms with Crippen LogP contribution in [0.1, 0.15) is 26.3 Å². The molecular formula is C20H26F6N2O6S. The van der Waals surface area contributed by atoms with Crippen molar-refractivity contribution in [2.24, 2.45) is 0 Å². The fraction of sp³-hybridized carbons (Fsp3) is 0.650. The van der Waals surface area contributed by atoms with E-state index in [1.165, 1.54) is 9.80 Å². The first-order chi connectivity index (χ1) is 15.7. The number of piperazine rings is 1. The number of nitrogens with zero attached hydrogens (tertiary/aromatic N) is 2. The number of hydrogen-bond acceptors (Lipinski definition) is 7. The summed E-state index contributed by atoms with van der Waals surface area (Å²) in [6, 6.07) is 2.03. The lowest BCUT2D eigenvalue weighted by Gasteiger charge is -2.42. The number of rotatable bonds is 5. The molecule has 1 aliphatic rings. The van der Waals surface area contributed by atoms with Crippen LogP contribution in [-0.4, -0.2) is 81.0 Å². The highest BCUT2D eigenvalue weighted by Gasteiger charge is 2.71. The van der Waals surface area contributed by atoms with E-state index in [1.807, 2.05) is 0 Å². The largest absolute Gasteiger partial charge is 0.444 e. The van der Waals surface area contributed by atoms with Gasteiger partial charge in [-0.2, -0.15) is 34.8 Å². The number of amides is 1. The molecule has 2 rings (SSSR count). The van der Waals surface area contributed by atoms with E-state index in [0.717, 1.165) is 18.4 Å². The molecule has 15 heteroatoms. The Morgan fingerprint density at radius 3 is 1.97 bits per heavy atom. The molecule has 35 heavy (non-hydrogen) atoms. The number of carbonyl (C=O) groups is 1. The maximum absolute atomic E-state index is 13.1. The summed E-state index contributed by atoms with van der Waals surface area (Å²) in [5.41, 5.74) is -7.19. The number of aliphatic hydroxyl groups is 1. The van der Waals surface area contributed by atoms with Crippen LogP contribution < -0.4 is 4.90 Å². The molecule has 1 aromatic rings. The zero-order valence-electron chi connectivity index (χ0n) is 19.3. The Labute approximate surface area is 198 Å². The second-order valence-electron chi connectivity index (χ2n) is 9.02. The van der Waals surface area contributed by atoms with Crippen molar-refractivity contribution in [2.75, 3.05) is 37.4 Å². The lowest BCUT2D eigenvalue weighted by atomic mass is 9.92. The zero-order chi connectivity index (χ0) is 27.0. The van der Waals surface area contributed by atoms with Crippen LogP contribution in [0, 0.1) is 0 Å². The second kappa shape index (κ2) is 9.65. The van der Waals surface area contributed by atoms with E-state index in [9.17, 15) is 44.7 Å². The fourth-order valence-corrected chi connectivity index (χ4v) is 3.82. The molecule has 0 unspecified atom stereocenters. The highest BCUT2D eigenvalue weighted by Crippen LogP contribution is 2.50. The fourth-order valence-electron chi connectivity index (χ4n) is 3.41. The molecule has 1 saturated heterocycles. The van der Waals surface area contributed by atoms with Gasteiger partial charge in [-0.25, -0.2) is 4.79 Å². The Hall–Kier alpha value is -2.26. The molecule has 0 spiro atoms. The predicted molar refractivity (Wildman–Crippen MR) is 112 cm³/mol. The zero-order valence-corrected chi connectivity index (χ0v) is 20.1. The van der Waals surface area contributed by atoms with Gasteiger partial charge in [0, 0.05) is 30.9 Å². The molecule has 8 nitrogen and oxygen atoms in total. The Balaban J connectivity index is 2.35. The van der Waals surface area contributed by atoms with E-state index in [-0.39, 0.29) is 25.3 Å². The molecule has 0 radical (unpaired) electrons. The van der Waals surface area contributed by atoms with Crippen molar-refractivity contribution in [3.63, 3.8) is 0 Å². The van der Waals surface area contributed by atoms with Crippen LogP contribution >= 0.6 is 0 Å². The molecule has 0 bridgehead atoms. The number of anilines is 1. The molecule has 0 aliphatic carbocycles. The Morgan fingerprint density at radius 1 is 1.03 bits per heavy atom. The quantitative estimate of drug-likeness (QED) is 0.455. The summed E-state index contributed by atoms with van der Waals surface area (Å²) in [6.07, 6.45) is -11.9. The van der Waals surface area contributed by atoms with Gasteiger partial charge in [0.15, 0.2) is 0 Å². The third-order valence-electron chi connectivity index (χ3n) is 5.05. The van der Waals surface area contributed by atoms with Gasteiger partial charge in [-0.05, 0) is 32.9 Å². The maximum atomic E-state index is 13.1. The van der Waals surface area contributed by atoms with Crippen molar-refractivity contribution in [2.45, 2.75) is 50.4 Å². The Kier molecular flexibility index (Phi) is 7.99. The highest BCUT2D eigenvalue weighted by molar-refractivity contribution is 7.85. The van der Waals surface area contributed by atoms with Crippen LogP contribution in [0.25, 0.3) is 0 Å². The molecule has 0 aromatic heterocycles. The van der Waals surface area contributed by atoms with Crippen molar-refractivity contribution in [1.29, 1.82) is 0 Å². The van der Waals surface area contributed by atoms with Crippen molar-refractivity contribution in [3.8, 4) is 0 Å². The van der Waals surface area contributed by atoms with Gasteiger partial charge in [0.05, 0.1) is 18.9 Å². The lowest BCUT2D eigenvalue weighted by Crippen LogP contribution is -2.57. The monoisotopic (exact) mass is 536 g/mol. The van der Waals surface area contributed by atoms with Gasteiger partial charge in [0.25, 0.3) is 15.7 Å². The van der Waals surface area contributed by atoms with Crippen molar-refractivity contribution in [3.05, 3.63) is 29.8 Å². The minimum Gasteiger partial charge on any atom is -0.444 e. The first-order valence-corrected chi connectivity index (χ1v) is 12.0. The van der Waals surface area contributed by atoms with Crippen molar-refractivity contribution in [1.82, 2.24) is 4.90 Å². The van der Waals surface area contributed by atoms with Crippen LogP contribution in [0.3, 0.4) is 0 Å².